The maximum Gasteiger partial charge on any atom is 0.0199 e. The molecule has 0 amide bonds. The van der Waals surface area contributed by atoms with E-state index < -0.39 is 0 Å². The average molecular weight is 356 g/mol. The maximum atomic E-state index is 4.61. The predicted molar refractivity (Wildman–Crippen MR) is 108 cm³/mol. The van der Waals surface area contributed by atoms with E-state index in [1.54, 1.807) is 38.5 Å². The van der Waals surface area contributed by atoms with Crippen molar-refractivity contribution in [3.63, 3.8) is 0 Å². The average Bonchev–Trinajstić information content (AvgIpc) is 2.51. The Balaban J connectivity index is 1.33. The second-order valence-corrected chi connectivity index (χ2v) is 12.7. The highest BCUT2D eigenvalue weighted by Gasteiger charge is 2.64. The number of rotatable bonds is 5. The predicted octanol–water partition coefficient (Wildman–Crippen LogP) is 6.46. The molecule has 1 heteroatoms. The molecule has 0 heterocycles. The lowest BCUT2D eigenvalue weighted by molar-refractivity contribution is -0.156. The van der Waals surface area contributed by atoms with Crippen molar-refractivity contribution in [1.82, 2.24) is 5.32 Å². The van der Waals surface area contributed by atoms with Crippen LogP contribution in [0.2, 0.25) is 0 Å². The van der Waals surface area contributed by atoms with Crippen molar-refractivity contribution in [3.8, 4) is 0 Å². The molecule has 1 N–H and O–H groups in total. The van der Waals surface area contributed by atoms with E-state index in [-0.39, 0.29) is 0 Å². The molecule has 0 radical (unpaired) electrons. The Labute approximate surface area is 161 Å². The van der Waals surface area contributed by atoms with Gasteiger partial charge >= 0.3 is 0 Å². The van der Waals surface area contributed by atoms with Crippen LogP contribution in [0.3, 0.4) is 0 Å². The molecule has 0 aliphatic heterocycles. The van der Waals surface area contributed by atoms with E-state index >= 15 is 0 Å². The molecule has 4 atom stereocenters. The van der Waals surface area contributed by atoms with Gasteiger partial charge in [-0.25, -0.2) is 0 Å². The van der Waals surface area contributed by atoms with Gasteiger partial charge in [0.25, 0.3) is 0 Å². The smallest absolute Gasteiger partial charge is 0.0199 e. The van der Waals surface area contributed by atoms with Gasteiger partial charge in [-0.1, -0.05) is 26.7 Å². The zero-order valence-electron chi connectivity index (χ0n) is 17.4. The van der Waals surface area contributed by atoms with E-state index in [4.69, 9.17) is 0 Å². The Kier molecular flexibility index (Phi) is 3.44. The first kappa shape index (κ1) is 16.9. The molecule has 8 rings (SSSR count). The van der Waals surface area contributed by atoms with Gasteiger partial charge in [-0.2, -0.15) is 0 Å². The van der Waals surface area contributed by atoms with Crippen molar-refractivity contribution in [2.24, 2.45) is 34.5 Å². The van der Waals surface area contributed by atoms with Crippen LogP contribution in [-0.4, -0.2) is 11.1 Å². The summed E-state index contributed by atoms with van der Waals surface area (Å²) < 4.78 is 0. The van der Waals surface area contributed by atoms with E-state index in [0.29, 0.717) is 21.9 Å². The number of hydrogen-bond donors (Lipinski definition) is 1. The van der Waals surface area contributed by atoms with Crippen molar-refractivity contribution in [2.45, 2.75) is 121 Å². The molecule has 8 saturated carbocycles. The van der Waals surface area contributed by atoms with E-state index in [1.807, 2.05) is 0 Å². The zero-order chi connectivity index (χ0) is 17.6. The van der Waals surface area contributed by atoms with Crippen molar-refractivity contribution < 1.29 is 0 Å². The van der Waals surface area contributed by atoms with Gasteiger partial charge in [-0.05, 0) is 118 Å². The van der Waals surface area contributed by atoms with Crippen LogP contribution in [0.25, 0.3) is 0 Å². The molecule has 1 nitrogen and oxygen atoms in total. The van der Waals surface area contributed by atoms with Crippen LogP contribution in [-0.2, 0) is 0 Å². The summed E-state index contributed by atoms with van der Waals surface area (Å²) >= 11 is 0. The summed E-state index contributed by atoms with van der Waals surface area (Å²) in [4.78, 5) is 0. The second kappa shape index (κ2) is 5.31. The van der Waals surface area contributed by atoms with E-state index in [0.717, 1.165) is 23.7 Å². The van der Waals surface area contributed by atoms with Crippen LogP contribution in [0.5, 0.6) is 0 Å². The number of hydrogen-bond acceptors (Lipinski definition) is 1. The zero-order valence-corrected chi connectivity index (χ0v) is 17.4. The largest absolute Gasteiger partial charge is 0.306 e. The summed E-state index contributed by atoms with van der Waals surface area (Å²) in [5.74, 6) is 4.27. The van der Waals surface area contributed by atoms with Crippen molar-refractivity contribution in [2.75, 3.05) is 0 Å². The summed E-state index contributed by atoms with van der Waals surface area (Å²) in [7, 11) is 0. The van der Waals surface area contributed by atoms with E-state index in [9.17, 15) is 0 Å². The molecular weight excluding hydrogens is 314 g/mol. The molecular formula is C25H41N. The standard InChI is InChI=1S/C25H41N/c1-3-5-23-10-21-9-22(4-2,15-23)16-25(14-21,17-23)26-24-11-18-6-19(12-24)8-20(7-18)13-24/h18-21,26H,3-17H2,1-2H3. The highest BCUT2D eigenvalue weighted by atomic mass is 15.1. The monoisotopic (exact) mass is 355 g/mol. The molecule has 26 heavy (non-hydrogen) atoms. The fourth-order valence-corrected chi connectivity index (χ4v) is 11.0. The molecule has 8 fully saturated rings. The summed E-state index contributed by atoms with van der Waals surface area (Å²) in [6.45, 7) is 4.96. The molecule has 8 bridgehead atoms. The van der Waals surface area contributed by atoms with Crippen molar-refractivity contribution >= 4 is 0 Å². The lowest BCUT2D eigenvalue weighted by Crippen LogP contribution is -2.71. The van der Waals surface area contributed by atoms with Crippen molar-refractivity contribution in [3.05, 3.63) is 0 Å². The van der Waals surface area contributed by atoms with Gasteiger partial charge < -0.3 is 5.32 Å². The first-order valence-corrected chi connectivity index (χ1v) is 12.3. The van der Waals surface area contributed by atoms with Gasteiger partial charge in [0, 0.05) is 11.1 Å². The minimum Gasteiger partial charge on any atom is -0.306 e. The quantitative estimate of drug-likeness (QED) is 0.596. The van der Waals surface area contributed by atoms with Crippen LogP contribution < -0.4 is 5.32 Å². The topological polar surface area (TPSA) is 12.0 Å². The lowest BCUT2D eigenvalue weighted by atomic mass is 9.40. The highest BCUT2D eigenvalue weighted by Crippen LogP contribution is 2.69. The fourth-order valence-electron chi connectivity index (χ4n) is 11.0. The van der Waals surface area contributed by atoms with Gasteiger partial charge in [0.05, 0.1) is 0 Å². The summed E-state index contributed by atoms with van der Waals surface area (Å²) in [5, 5.41) is 4.61. The van der Waals surface area contributed by atoms with Gasteiger partial charge in [0.15, 0.2) is 0 Å². The minimum absolute atomic E-state index is 0.524. The molecule has 146 valence electrons. The van der Waals surface area contributed by atoms with Crippen LogP contribution in [0.15, 0.2) is 0 Å². The third-order valence-corrected chi connectivity index (χ3v) is 10.4. The van der Waals surface area contributed by atoms with E-state index in [1.165, 1.54) is 57.8 Å². The molecule has 0 aromatic rings. The normalized spacial score (nSPS) is 59.3. The fraction of sp³-hybridized carbons (Fsp3) is 1.00. The third kappa shape index (κ3) is 2.37. The Bertz CT molecular complexity index is 560. The van der Waals surface area contributed by atoms with Gasteiger partial charge in [-0.15, -0.1) is 0 Å². The van der Waals surface area contributed by atoms with Crippen LogP contribution in [0.4, 0.5) is 0 Å². The van der Waals surface area contributed by atoms with Crippen molar-refractivity contribution in [1.29, 1.82) is 0 Å². The molecule has 0 aromatic carbocycles. The van der Waals surface area contributed by atoms with Crippen LogP contribution >= 0.6 is 0 Å². The first-order valence-electron chi connectivity index (χ1n) is 12.3. The molecule has 0 aromatic heterocycles. The molecule has 0 spiro atoms. The minimum atomic E-state index is 0.524. The Morgan fingerprint density at radius 1 is 0.654 bits per heavy atom. The lowest BCUT2D eigenvalue weighted by Gasteiger charge is -2.70. The Morgan fingerprint density at radius 2 is 1.23 bits per heavy atom. The molecule has 0 saturated heterocycles. The van der Waals surface area contributed by atoms with Gasteiger partial charge in [0.2, 0.25) is 0 Å². The van der Waals surface area contributed by atoms with Gasteiger partial charge in [0.1, 0.15) is 0 Å². The van der Waals surface area contributed by atoms with Crippen LogP contribution in [0, 0.1) is 34.5 Å². The SMILES string of the molecule is CCCC12CC3CC(CC)(C1)CC(NC14CC5CC(CC(C5)C1)C4)(C3)C2. The van der Waals surface area contributed by atoms with Crippen LogP contribution in [0.1, 0.15) is 110 Å². The Morgan fingerprint density at radius 3 is 1.85 bits per heavy atom. The molecule has 8 aliphatic carbocycles. The highest BCUT2D eigenvalue weighted by molar-refractivity contribution is 5.19. The molecule has 4 unspecified atom stereocenters. The molecule has 8 aliphatic rings. The summed E-state index contributed by atoms with van der Waals surface area (Å²) in [6, 6.07) is 0. The van der Waals surface area contributed by atoms with E-state index in [2.05, 4.69) is 19.2 Å². The maximum absolute atomic E-state index is 4.61. The number of nitrogens with one attached hydrogen (secondary N) is 1. The second-order valence-electron chi connectivity index (χ2n) is 12.7. The Hall–Kier alpha value is -0.0400. The first-order chi connectivity index (χ1) is 12.5. The summed E-state index contributed by atoms with van der Waals surface area (Å²) in [5.41, 5.74) is 2.49. The van der Waals surface area contributed by atoms with Gasteiger partial charge in [-0.3, -0.25) is 0 Å². The summed E-state index contributed by atoms with van der Waals surface area (Å²) in [6.07, 6.45) is 23.0. The third-order valence-electron chi connectivity index (χ3n) is 10.4.